The number of ether oxygens (including phenoxy) is 3. The van der Waals surface area contributed by atoms with E-state index in [2.05, 4.69) is 0 Å². The topological polar surface area (TPSA) is 85.3 Å². The molecule has 1 N–H and O–H groups in total. The van der Waals surface area contributed by atoms with E-state index in [0.717, 1.165) is 6.07 Å². The molecule has 1 aliphatic heterocycles. The van der Waals surface area contributed by atoms with Crippen molar-refractivity contribution in [3.05, 3.63) is 89.2 Å². The van der Waals surface area contributed by atoms with Gasteiger partial charge in [-0.25, -0.2) is 4.39 Å². The summed E-state index contributed by atoms with van der Waals surface area (Å²) in [4.78, 5) is 27.9. The smallest absolute Gasteiger partial charge is 0.300 e. The number of hydrogen-bond donors (Lipinski definition) is 1. The number of amides is 1. The van der Waals surface area contributed by atoms with Gasteiger partial charge in [-0.1, -0.05) is 24.3 Å². The van der Waals surface area contributed by atoms with Crippen LogP contribution >= 0.6 is 0 Å². The van der Waals surface area contributed by atoms with Crippen LogP contribution in [0.3, 0.4) is 0 Å². The van der Waals surface area contributed by atoms with Crippen molar-refractivity contribution < 1.29 is 33.3 Å². The zero-order valence-electron chi connectivity index (χ0n) is 20.2. The van der Waals surface area contributed by atoms with Crippen LogP contribution < -0.4 is 19.1 Å². The van der Waals surface area contributed by atoms with Crippen LogP contribution in [0, 0.1) is 5.82 Å². The van der Waals surface area contributed by atoms with Crippen LogP contribution in [0.15, 0.2) is 72.3 Å². The maximum Gasteiger partial charge on any atom is 0.300 e. The second-order valence-electron chi connectivity index (χ2n) is 7.91. The first-order chi connectivity index (χ1) is 17.4. The van der Waals surface area contributed by atoms with E-state index in [1.165, 1.54) is 30.2 Å². The molecule has 1 unspecified atom stereocenters. The molecule has 0 saturated carbocycles. The molecule has 186 valence electrons. The number of halogens is 1. The minimum atomic E-state index is -1.08. The summed E-state index contributed by atoms with van der Waals surface area (Å²) in [6.07, 6.45) is 0. The van der Waals surface area contributed by atoms with Crippen LogP contribution in [0.2, 0.25) is 0 Å². The molecule has 1 heterocycles. The number of anilines is 1. The van der Waals surface area contributed by atoms with E-state index in [0.29, 0.717) is 30.3 Å². The predicted octanol–water partition coefficient (Wildman–Crippen LogP) is 5.26. The molecule has 1 saturated heterocycles. The van der Waals surface area contributed by atoms with E-state index < -0.39 is 29.3 Å². The van der Waals surface area contributed by atoms with E-state index >= 15 is 0 Å². The monoisotopic (exact) mass is 491 g/mol. The SMILES string of the molecule is CCOc1ccc(/C(O)=C2\C(=O)C(=O)N(c3cccc(F)c3)C2c2ccccc2OC)c(OCC)c1. The lowest BCUT2D eigenvalue weighted by Crippen LogP contribution is -2.29. The van der Waals surface area contributed by atoms with E-state index in [4.69, 9.17) is 14.2 Å². The van der Waals surface area contributed by atoms with Gasteiger partial charge >= 0.3 is 0 Å². The number of ketones is 1. The summed E-state index contributed by atoms with van der Waals surface area (Å²) >= 11 is 0. The first-order valence-electron chi connectivity index (χ1n) is 11.5. The highest BCUT2D eigenvalue weighted by atomic mass is 19.1. The average Bonchev–Trinajstić information content (AvgIpc) is 3.14. The summed E-state index contributed by atoms with van der Waals surface area (Å²) in [7, 11) is 1.47. The maximum atomic E-state index is 14.1. The number of hydrogen-bond acceptors (Lipinski definition) is 6. The Hall–Kier alpha value is -4.33. The number of rotatable bonds is 8. The van der Waals surface area contributed by atoms with Crippen LogP contribution in [0.5, 0.6) is 17.2 Å². The van der Waals surface area contributed by atoms with Gasteiger partial charge in [-0.3, -0.25) is 14.5 Å². The second-order valence-corrected chi connectivity index (χ2v) is 7.91. The zero-order valence-corrected chi connectivity index (χ0v) is 20.2. The highest BCUT2D eigenvalue weighted by Gasteiger charge is 2.48. The van der Waals surface area contributed by atoms with Crippen molar-refractivity contribution in [3.63, 3.8) is 0 Å². The largest absolute Gasteiger partial charge is 0.507 e. The van der Waals surface area contributed by atoms with Gasteiger partial charge in [-0.15, -0.1) is 0 Å². The number of para-hydroxylation sites is 1. The number of Topliss-reactive ketones (excluding diaryl/α,β-unsaturated/α-hetero) is 1. The number of aliphatic hydroxyl groups excluding tert-OH is 1. The number of aliphatic hydroxyl groups is 1. The van der Waals surface area contributed by atoms with Crippen molar-refractivity contribution in [1.82, 2.24) is 0 Å². The van der Waals surface area contributed by atoms with E-state index in [1.54, 1.807) is 49.4 Å². The van der Waals surface area contributed by atoms with Crippen molar-refractivity contribution in [2.45, 2.75) is 19.9 Å². The fraction of sp³-hybridized carbons (Fsp3) is 0.214. The Morgan fingerprint density at radius 1 is 0.944 bits per heavy atom. The number of benzene rings is 3. The Balaban J connectivity index is 1.98. The molecule has 1 atom stereocenters. The molecule has 0 spiro atoms. The molecular weight excluding hydrogens is 465 g/mol. The summed E-state index contributed by atoms with van der Waals surface area (Å²) in [5, 5.41) is 11.5. The lowest BCUT2D eigenvalue weighted by atomic mass is 9.94. The number of carbonyl (C=O) groups is 2. The highest BCUT2D eigenvalue weighted by molar-refractivity contribution is 6.51. The van der Waals surface area contributed by atoms with E-state index in [9.17, 15) is 19.1 Å². The van der Waals surface area contributed by atoms with Gasteiger partial charge in [0.2, 0.25) is 0 Å². The van der Waals surface area contributed by atoms with Gasteiger partial charge in [0.25, 0.3) is 11.7 Å². The molecule has 3 aromatic carbocycles. The Morgan fingerprint density at radius 3 is 2.39 bits per heavy atom. The van der Waals surface area contributed by atoms with Crippen LogP contribution in [0.25, 0.3) is 5.76 Å². The molecule has 0 aliphatic carbocycles. The number of nitrogens with zero attached hydrogens (tertiary/aromatic N) is 1. The van der Waals surface area contributed by atoms with Gasteiger partial charge in [-0.05, 0) is 50.2 Å². The lowest BCUT2D eigenvalue weighted by Gasteiger charge is -2.26. The fourth-order valence-electron chi connectivity index (χ4n) is 4.29. The molecule has 1 aliphatic rings. The first-order valence-corrected chi connectivity index (χ1v) is 11.5. The van der Waals surface area contributed by atoms with Crippen molar-refractivity contribution >= 4 is 23.1 Å². The van der Waals surface area contributed by atoms with Crippen molar-refractivity contribution in [2.24, 2.45) is 0 Å². The minimum absolute atomic E-state index is 0.168. The van der Waals surface area contributed by atoms with Crippen molar-refractivity contribution in [2.75, 3.05) is 25.2 Å². The number of carbonyl (C=O) groups excluding carboxylic acids is 2. The molecule has 7 nitrogen and oxygen atoms in total. The predicted molar refractivity (Wildman–Crippen MR) is 133 cm³/mol. The molecule has 3 aromatic rings. The Morgan fingerprint density at radius 2 is 1.69 bits per heavy atom. The normalized spacial score (nSPS) is 16.8. The van der Waals surface area contributed by atoms with E-state index in [-0.39, 0.29) is 22.6 Å². The Labute approximate surface area is 208 Å². The van der Waals surface area contributed by atoms with Crippen LogP contribution in [-0.4, -0.2) is 37.1 Å². The van der Waals surface area contributed by atoms with Crippen molar-refractivity contribution in [1.29, 1.82) is 0 Å². The standard InChI is InChI=1S/C28H26FNO6/c1-4-35-19-13-14-21(23(16-19)36-5-2)26(31)24-25(20-11-6-7-12-22(20)34-3)30(28(33)27(24)32)18-10-8-9-17(29)15-18/h6-16,25,31H,4-5H2,1-3H3/b26-24+. The minimum Gasteiger partial charge on any atom is -0.507 e. The highest BCUT2D eigenvalue weighted by Crippen LogP contribution is 2.46. The van der Waals surface area contributed by atoms with Gasteiger partial charge in [0, 0.05) is 17.3 Å². The summed E-state index contributed by atoms with van der Waals surface area (Å²) in [6, 6.07) is 16.0. The van der Waals surface area contributed by atoms with E-state index in [1.807, 2.05) is 6.92 Å². The number of methoxy groups -OCH3 is 1. The summed E-state index contributed by atoms with van der Waals surface area (Å²) in [6.45, 7) is 4.36. The lowest BCUT2D eigenvalue weighted by molar-refractivity contribution is -0.132. The molecule has 0 aromatic heterocycles. The maximum absolute atomic E-state index is 14.1. The molecule has 8 heteroatoms. The molecule has 4 rings (SSSR count). The summed E-state index contributed by atoms with van der Waals surface area (Å²) in [5.41, 5.74) is 0.675. The third-order valence-corrected chi connectivity index (χ3v) is 5.78. The van der Waals surface area contributed by atoms with Crippen LogP contribution in [0.4, 0.5) is 10.1 Å². The third-order valence-electron chi connectivity index (χ3n) is 5.78. The summed E-state index contributed by atoms with van der Waals surface area (Å²) < 4.78 is 30.9. The van der Waals surface area contributed by atoms with Crippen molar-refractivity contribution in [3.8, 4) is 17.2 Å². The molecular formula is C28H26FNO6. The Bertz CT molecular complexity index is 1340. The van der Waals surface area contributed by atoms with Gasteiger partial charge in [0.1, 0.15) is 28.8 Å². The molecule has 1 fully saturated rings. The molecule has 0 bridgehead atoms. The van der Waals surface area contributed by atoms with Crippen LogP contribution in [0.1, 0.15) is 31.0 Å². The fourth-order valence-corrected chi connectivity index (χ4v) is 4.29. The van der Waals surface area contributed by atoms with Gasteiger partial charge in [0.05, 0.1) is 37.5 Å². The molecule has 36 heavy (non-hydrogen) atoms. The second kappa shape index (κ2) is 10.5. The van der Waals surface area contributed by atoms with Gasteiger partial charge < -0.3 is 19.3 Å². The Kier molecular flexibility index (Phi) is 7.24. The molecule has 1 amide bonds. The zero-order chi connectivity index (χ0) is 25.8. The van der Waals surface area contributed by atoms with Crippen LogP contribution in [-0.2, 0) is 9.59 Å². The van der Waals surface area contributed by atoms with Gasteiger partial charge in [-0.2, -0.15) is 0 Å². The average molecular weight is 492 g/mol. The van der Waals surface area contributed by atoms with Gasteiger partial charge in [0.15, 0.2) is 0 Å². The summed E-state index contributed by atoms with van der Waals surface area (Å²) in [5.74, 6) is -1.59. The first kappa shape index (κ1) is 24.8. The molecule has 0 radical (unpaired) electrons. The third kappa shape index (κ3) is 4.49. The quantitative estimate of drug-likeness (QED) is 0.263.